The molecule has 0 radical (unpaired) electrons. The first-order valence-corrected chi connectivity index (χ1v) is 13.4. The standard InChI is InChI=1S/C26H35N3O4S/c1-19-15-29(20(2)18-30)34(31,32)26-11-10-23(22-8-4-5-9-22)13-24(26)33-25(19)17-28(3)16-21-7-6-12-27-14-21/h6-8,10-14,19-20,25,30H,4-5,9,15-18H2,1-3H3/t19-,20-,25-/m1/s1. The Kier molecular flexibility index (Phi) is 7.72. The highest BCUT2D eigenvalue weighted by atomic mass is 32.2. The van der Waals surface area contributed by atoms with Gasteiger partial charge in [0, 0.05) is 44.0 Å². The van der Waals surface area contributed by atoms with Gasteiger partial charge in [-0.2, -0.15) is 4.31 Å². The molecule has 1 N–H and O–H groups in total. The van der Waals surface area contributed by atoms with Crippen LogP contribution in [0, 0.1) is 5.92 Å². The maximum atomic E-state index is 13.6. The molecule has 0 amide bonds. The van der Waals surface area contributed by atoms with Gasteiger partial charge in [0.05, 0.1) is 6.61 Å². The quantitative estimate of drug-likeness (QED) is 0.646. The highest BCUT2D eigenvalue weighted by molar-refractivity contribution is 7.89. The summed E-state index contributed by atoms with van der Waals surface area (Å²) < 4.78 is 35.2. The molecule has 0 unspecified atom stereocenters. The van der Waals surface area contributed by atoms with Gasteiger partial charge in [0.1, 0.15) is 16.7 Å². The van der Waals surface area contributed by atoms with E-state index in [-0.39, 0.29) is 30.1 Å². The SMILES string of the molecule is C[C@@H]1CN([C@H](C)CO)S(=O)(=O)c2ccc(C3=CCCC3)cc2O[C@@H]1CN(C)Cc1cccnc1. The molecule has 0 saturated heterocycles. The van der Waals surface area contributed by atoms with Gasteiger partial charge in [0.25, 0.3) is 0 Å². The molecule has 2 aromatic rings. The fraction of sp³-hybridized carbons (Fsp3) is 0.500. The Morgan fingerprint density at radius 2 is 2.15 bits per heavy atom. The van der Waals surface area contributed by atoms with Gasteiger partial charge in [-0.3, -0.25) is 9.88 Å². The van der Waals surface area contributed by atoms with Crippen molar-refractivity contribution in [2.24, 2.45) is 5.92 Å². The van der Waals surface area contributed by atoms with Crippen molar-refractivity contribution in [2.75, 3.05) is 26.7 Å². The Morgan fingerprint density at radius 3 is 2.82 bits per heavy atom. The molecule has 184 valence electrons. The lowest BCUT2D eigenvalue weighted by Crippen LogP contribution is -2.49. The third-order valence-electron chi connectivity index (χ3n) is 6.75. The first-order valence-electron chi connectivity index (χ1n) is 12.0. The molecule has 34 heavy (non-hydrogen) atoms. The van der Waals surface area contributed by atoms with Crippen LogP contribution in [0.4, 0.5) is 0 Å². The van der Waals surface area contributed by atoms with Crippen molar-refractivity contribution >= 4 is 15.6 Å². The van der Waals surface area contributed by atoms with E-state index < -0.39 is 16.1 Å². The number of sulfonamides is 1. The van der Waals surface area contributed by atoms with E-state index in [1.165, 1.54) is 9.88 Å². The minimum absolute atomic E-state index is 0.0809. The summed E-state index contributed by atoms with van der Waals surface area (Å²) in [4.78, 5) is 6.54. The number of nitrogens with zero attached hydrogens (tertiary/aromatic N) is 3. The van der Waals surface area contributed by atoms with Gasteiger partial charge in [-0.05, 0) is 68.1 Å². The van der Waals surface area contributed by atoms with Gasteiger partial charge in [0.2, 0.25) is 10.0 Å². The Labute approximate surface area is 203 Å². The van der Waals surface area contributed by atoms with Crippen LogP contribution < -0.4 is 4.74 Å². The van der Waals surface area contributed by atoms with Crippen LogP contribution in [0.3, 0.4) is 0 Å². The summed E-state index contributed by atoms with van der Waals surface area (Å²) >= 11 is 0. The minimum Gasteiger partial charge on any atom is -0.487 e. The van der Waals surface area contributed by atoms with E-state index in [1.54, 1.807) is 19.2 Å². The highest BCUT2D eigenvalue weighted by Gasteiger charge is 2.38. The largest absolute Gasteiger partial charge is 0.487 e. The van der Waals surface area contributed by atoms with E-state index >= 15 is 0 Å². The Morgan fingerprint density at radius 1 is 1.32 bits per heavy atom. The zero-order valence-corrected chi connectivity index (χ0v) is 21.0. The summed E-state index contributed by atoms with van der Waals surface area (Å²) in [5, 5.41) is 9.82. The first-order chi connectivity index (χ1) is 16.3. The number of hydrogen-bond acceptors (Lipinski definition) is 6. The van der Waals surface area contributed by atoms with Crippen molar-refractivity contribution < 1.29 is 18.3 Å². The van der Waals surface area contributed by atoms with Gasteiger partial charge in [-0.1, -0.05) is 25.1 Å². The smallest absolute Gasteiger partial charge is 0.247 e. The molecule has 2 heterocycles. The van der Waals surface area contributed by atoms with Crippen molar-refractivity contribution in [1.82, 2.24) is 14.2 Å². The van der Waals surface area contributed by atoms with Crippen molar-refractivity contribution in [3.63, 3.8) is 0 Å². The van der Waals surface area contributed by atoms with Crippen molar-refractivity contribution in [1.29, 1.82) is 0 Å². The zero-order chi connectivity index (χ0) is 24.3. The molecule has 7 nitrogen and oxygen atoms in total. The third-order valence-corrected chi connectivity index (χ3v) is 8.77. The Balaban J connectivity index is 1.69. The molecule has 1 aliphatic heterocycles. The van der Waals surface area contributed by atoms with E-state index in [1.807, 2.05) is 44.4 Å². The average Bonchev–Trinajstić information content (AvgIpc) is 3.36. The zero-order valence-electron chi connectivity index (χ0n) is 20.2. The molecule has 1 aromatic carbocycles. The molecule has 0 spiro atoms. The second-order valence-electron chi connectivity index (χ2n) is 9.58. The number of fused-ring (bicyclic) bond motifs is 1. The number of aromatic nitrogens is 1. The molecular formula is C26H35N3O4S. The van der Waals surface area contributed by atoms with Gasteiger partial charge in [-0.25, -0.2) is 8.42 Å². The van der Waals surface area contributed by atoms with Crippen molar-refractivity contribution in [2.45, 2.75) is 56.7 Å². The number of pyridine rings is 1. The number of rotatable bonds is 7. The molecule has 1 aromatic heterocycles. The van der Waals surface area contributed by atoms with Crippen LogP contribution in [0.1, 0.15) is 44.2 Å². The number of ether oxygens (including phenoxy) is 1. The van der Waals surface area contributed by atoms with Gasteiger partial charge in [-0.15, -0.1) is 0 Å². The highest BCUT2D eigenvalue weighted by Crippen LogP contribution is 2.37. The van der Waals surface area contributed by atoms with Crippen molar-refractivity contribution in [3.05, 3.63) is 59.9 Å². The normalized spacial score (nSPS) is 23.5. The maximum absolute atomic E-state index is 13.6. The topological polar surface area (TPSA) is 83.0 Å². The lowest BCUT2D eigenvalue weighted by molar-refractivity contribution is 0.0733. The number of likely N-dealkylation sites (N-methyl/N-ethyl adjacent to an activating group) is 1. The maximum Gasteiger partial charge on any atom is 0.247 e. The molecule has 0 bridgehead atoms. The number of aliphatic hydroxyl groups excluding tert-OH is 1. The van der Waals surface area contributed by atoms with Crippen LogP contribution >= 0.6 is 0 Å². The summed E-state index contributed by atoms with van der Waals surface area (Å²) in [5.74, 6) is 0.314. The van der Waals surface area contributed by atoms with Crippen LogP contribution in [0.5, 0.6) is 5.75 Å². The van der Waals surface area contributed by atoms with Crippen LogP contribution in [-0.2, 0) is 16.6 Å². The van der Waals surface area contributed by atoms with E-state index in [0.29, 0.717) is 12.3 Å². The van der Waals surface area contributed by atoms with Crippen molar-refractivity contribution in [3.8, 4) is 5.75 Å². The average molecular weight is 486 g/mol. The van der Waals surface area contributed by atoms with Gasteiger partial charge < -0.3 is 9.84 Å². The lowest BCUT2D eigenvalue weighted by Gasteiger charge is -2.37. The van der Waals surface area contributed by atoms with E-state index in [4.69, 9.17) is 4.74 Å². The van der Waals surface area contributed by atoms with E-state index in [2.05, 4.69) is 16.0 Å². The monoisotopic (exact) mass is 485 g/mol. The van der Waals surface area contributed by atoms with Gasteiger partial charge in [0.15, 0.2) is 0 Å². The van der Waals surface area contributed by atoms with E-state index in [9.17, 15) is 13.5 Å². The van der Waals surface area contributed by atoms with Crippen LogP contribution in [0.25, 0.3) is 5.57 Å². The molecule has 4 rings (SSSR count). The predicted octanol–water partition coefficient (Wildman–Crippen LogP) is 3.55. The number of benzene rings is 1. The fourth-order valence-electron chi connectivity index (χ4n) is 4.75. The van der Waals surface area contributed by atoms with Crippen LogP contribution in [0.2, 0.25) is 0 Å². The molecular weight excluding hydrogens is 450 g/mol. The number of hydrogen-bond donors (Lipinski definition) is 1. The molecule has 2 aliphatic rings. The summed E-state index contributed by atoms with van der Waals surface area (Å²) in [5.41, 5.74) is 3.37. The molecule has 1 aliphatic carbocycles. The van der Waals surface area contributed by atoms with Crippen LogP contribution in [-0.4, -0.2) is 66.6 Å². The second-order valence-corrected chi connectivity index (χ2v) is 11.4. The van der Waals surface area contributed by atoms with Crippen LogP contribution in [0.15, 0.2) is 53.7 Å². The summed E-state index contributed by atoms with van der Waals surface area (Å²) in [6.45, 7) is 5.15. The first kappa shape index (κ1) is 24.9. The summed E-state index contributed by atoms with van der Waals surface area (Å²) in [7, 11) is -1.79. The van der Waals surface area contributed by atoms with E-state index in [0.717, 1.165) is 36.9 Å². The summed E-state index contributed by atoms with van der Waals surface area (Å²) in [6, 6.07) is 8.88. The minimum atomic E-state index is -3.82. The van der Waals surface area contributed by atoms with Gasteiger partial charge >= 0.3 is 0 Å². The molecule has 3 atom stereocenters. The fourth-order valence-corrected chi connectivity index (χ4v) is 6.58. The second kappa shape index (κ2) is 10.6. The molecule has 0 saturated carbocycles. The molecule has 8 heteroatoms. The number of allylic oxidation sites excluding steroid dienone is 2. The predicted molar refractivity (Wildman–Crippen MR) is 133 cm³/mol. The molecule has 0 fully saturated rings. The Hall–Kier alpha value is -2.26. The Bertz CT molecular complexity index is 1120. The lowest BCUT2D eigenvalue weighted by atomic mass is 10.0. The third kappa shape index (κ3) is 5.35. The number of aliphatic hydroxyl groups is 1. The summed E-state index contributed by atoms with van der Waals surface area (Å²) in [6.07, 6.45) is 8.77.